The van der Waals surface area contributed by atoms with Gasteiger partial charge in [-0.3, -0.25) is 14.8 Å². The van der Waals surface area contributed by atoms with Gasteiger partial charge in [0.1, 0.15) is 0 Å². The van der Waals surface area contributed by atoms with Crippen molar-refractivity contribution < 1.29 is 4.79 Å². The Morgan fingerprint density at radius 1 is 1.42 bits per heavy atom. The summed E-state index contributed by atoms with van der Waals surface area (Å²) in [6.45, 7) is 0.405. The minimum absolute atomic E-state index is 0.103. The highest BCUT2D eigenvalue weighted by molar-refractivity contribution is 9.10. The minimum Gasteiger partial charge on any atom is -0.336 e. The lowest BCUT2D eigenvalue weighted by molar-refractivity contribution is 0.0782. The van der Waals surface area contributed by atoms with Crippen LogP contribution in [0.15, 0.2) is 41.3 Å². The summed E-state index contributed by atoms with van der Waals surface area (Å²) in [5.41, 5.74) is 1.30. The van der Waals surface area contributed by atoms with Gasteiger partial charge in [0.05, 0.1) is 24.0 Å². The molecule has 2 aromatic rings. The molecule has 0 aliphatic carbocycles. The Morgan fingerprint density at radius 2 is 2.21 bits per heavy atom. The lowest BCUT2D eigenvalue weighted by Crippen LogP contribution is -2.27. The fourth-order valence-corrected chi connectivity index (χ4v) is 2.45. The Balaban J connectivity index is 2.15. The first-order valence-corrected chi connectivity index (χ1v) is 6.70. The summed E-state index contributed by atoms with van der Waals surface area (Å²) in [5, 5.41) is 0.583. The van der Waals surface area contributed by atoms with E-state index in [0.717, 1.165) is 5.69 Å². The Kier molecular flexibility index (Phi) is 4.50. The van der Waals surface area contributed by atoms with Gasteiger partial charge in [-0.05, 0) is 34.1 Å². The molecular weight excluding hydrogens is 330 g/mol. The number of hydrogen-bond donors (Lipinski definition) is 0. The molecule has 0 spiro atoms. The molecule has 0 aliphatic rings. The molecule has 0 N–H and O–H groups in total. The first-order valence-electron chi connectivity index (χ1n) is 5.53. The molecule has 2 rings (SSSR count). The molecule has 4 nitrogen and oxygen atoms in total. The molecule has 19 heavy (non-hydrogen) atoms. The van der Waals surface area contributed by atoms with E-state index in [1.807, 2.05) is 0 Å². The highest BCUT2D eigenvalue weighted by Gasteiger charge is 2.15. The van der Waals surface area contributed by atoms with Crippen LogP contribution < -0.4 is 0 Å². The monoisotopic (exact) mass is 339 g/mol. The number of carbonyl (C=O) groups is 1. The standard InChI is InChI=1S/C13H11BrClN3O/c1-18(8-10-7-16-4-5-17-10)13(19)11-3-2-9(15)6-12(11)14/h2-7H,8H2,1H3. The lowest BCUT2D eigenvalue weighted by Gasteiger charge is -2.17. The molecule has 0 saturated heterocycles. The van der Waals surface area contributed by atoms with Crippen molar-refractivity contribution in [2.45, 2.75) is 6.54 Å². The first kappa shape index (κ1) is 14.0. The van der Waals surface area contributed by atoms with Crippen molar-refractivity contribution in [1.29, 1.82) is 0 Å². The summed E-state index contributed by atoms with van der Waals surface area (Å²) in [5.74, 6) is -0.103. The number of amides is 1. The quantitative estimate of drug-likeness (QED) is 0.862. The van der Waals surface area contributed by atoms with E-state index >= 15 is 0 Å². The molecule has 0 atom stereocenters. The van der Waals surface area contributed by atoms with Crippen LogP contribution in [0.2, 0.25) is 5.02 Å². The van der Waals surface area contributed by atoms with Gasteiger partial charge in [0.15, 0.2) is 0 Å². The number of halogens is 2. The molecule has 0 saturated carbocycles. The molecule has 0 fully saturated rings. The van der Waals surface area contributed by atoms with E-state index in [1.54, 1.807) is 48.7 Å². The summed E-state index contributed by atoms with van der Waals surface area (Å²) in [4.78, 5) is 22.0. The van der Waals surface area contributed by atoms with Gasteiger partial charge in [-0.25, -0.2) is 0 Å². The molecule has 1 heterocycles. The molecule has 0 bridgehead atoms. The van der Waals surface area contributed by atoms with Crippen LogP contribution >= 0.6 is 27.5 Å². The van der Waals surface area contributed by atoms with Crippen LogP contribution in [0.1, 0.15) is 16.1 Å². The molecule has 6 heteroatoms. The van der Waals surface area contributed by atoms with Gasteiger partial charge in [0.2, 0.25) is 0 Å². The number of carbonyl (C=O) groups excluding carboxylic acids is 1. The Labute approximate surface area is 124 Å². The molecule has 98 valence electrons. The van der Waals surface area contributed by atoms with Crippen molar-refractivity contribution in [3.8, 4) is 0 Å². The average molecular weight is 341 g/mol. The Bertz CT molecular complexity index is 592. The van der Waals surface area contributed by atoms with Gasteiger partial charge in [-0.15, -0.1) is 0 Å². The van der Waals surface area contributed by atoms with Gasteiger partial charge < -0.3 is 4.90 Å². The SMILES string of the molecule is CN(Cc1cnccn1)C(=O)c1ccc(Cl)cc1Br. The zero-order valence-corrected chi connectivity index (χ0v) is 12.5. The van der Waals surface area contributed by atoms with Crippen LogP contribution in [-0.2, 0) is 6.54 Å². The first-order chi connectivity index (χ1) is 9.08. The van der Waals surface area contributed by atoms with Crippen LogP contribution in [0.25, 0.3) is 0 Å². The van der Waals surface area contributed by atoms with E-state index in [4.69, 9.17) is 11.6 Å². The number of aromatic nitrogens is 2. The highest BCUT2D eigenvalue weighted by Crippen LogP contribution is 2.22. The van der Waals surface area contributed by atoms with Crippen LogP contribution in [0, 0.1) is 0 Å². The maximum Gasteiger partial charge on any atom is 0.255 e. The molecule has 0 unspecified atom stereocenters. The second kappa shape index (κ2) is 6.12. The Hall–Kier alpha value is -1.46. The summed E-state index contributed by atoms with van der Waals surface area (Å²) in [7, 11) is 1.72. The van der Waals surface area contributed by atoms with Crippen LogP contribution in [0.4, 0.5) is 0 Å². The molecule has 0 aliphatic heterocycles. The van der Waals surface area contributed by atoms with E-state index in [1.165, 1.54) is 0 Å². The zero-order chi connectivity index (χ0) is 13.8. The predicted molar refractivity (Wildman–Crippen MR) is 77.0 cm³/mol. The summed E-state index contributed by atoms with van der Waals surface area (Å²) in [6, 6.07) is 5.09. The number of nitrogens with zero attached hydrogens (tertiary/aromatic N) is 3. The summed E-state index contributed by atoms with van der Waals surface area (Å²) in [6.07, 6.45) is 4.84. The van der Waals surface area contributed by atoms with Gasteiger partial charge in [-0.2, -0.15) is 0 Å². The van der Waals surface area contributed by atoms with Crippen molar-refractivity contribution >= 4 is 33.4 Å². The van der Waals surface area contributed by atoms with Crippen LogP contribution in [-0.4, -0.2) is 27.8 Å². The third kappa shape index (κ3) is 3.52. The lowest BCUT2D eigenvalue weighted by atomic mass is 10.2. The smallest absolute Gasteiger partial charge is 0.255 e. The zero-order valence-electron chi connectivity index (χ0n) is 10.2. The van der Waals surface area contributed by atoms with Gasteiger partial charge in [0.25, 0.3) is 5.91 Å². The molecule has 1 aromatic heterocycles. The summed E-state index contributed by atoms with van der Waals surface area (Å²) < 4.78 is 0.677. The fraction of sp³-hybridized carbons (Fsp3) is 0.154. The van der Waals surface area contributed by atoms with Crippen LogP contribution in [0.5, 0.6) is 0 Å². The van der Waals surface area contributed by atoms with Crippen molar-refractivity contribution in [2.24, 2.45) is 0 Å². The van der Waals surface area contributed by atoms with Crippen LogP contribution in [0.3, 0.4) is 0 Å². The van der Waals surface area contributed by atoms with E-state index in [0.29, 0.717) is 21.6 Å². The third-order valence-electron chi connectivity index (χ3n) is 2.52. The second-order valence-corrected chi connectivity index (χ2v) is 5.27. The van der Waals surface area contributed by atoms with E-state index in [9.17, 15) is 4.79 Å². The predicted octanol–water partition coefficient (Wildman–Crippen LogP) is 3.16. The van der Waals surface area contributed by atoms with Gasteiger partial charge >= 0.3 is 0 Å². The number of hydrogen-bond acceptors (Lipinski definition) is 3. The minimum atomic E-state index is -0.103. The highest BCUT2D eigenvalue weighted by atomic mass is 79.9. The average Bonchev–Trinajstić information content (AvgIpc) is 2.39. The Morgan fingerprint density at radius 3 is 2.84 bits per heavy atom. The maximum atomic E-state index is 12.3. The van der Waals surface area contributed by atoms with Gasteiger partial charge in [-0.1, -0.05) is 11.6 Å². The van der Waals surface area contributed by atoms with Crippen molar-refractivity contribution in [1.82, 2.24) is 14.9 Å². The van der Waals surface area contributed by atoms with E-state index < -0.39 is 0 Å². The molecule has 0 radical (unpaired) electrons. The number of benzene rings is 1. The van der Waals surface area contributed by atoms with E-state index in [2.05, 4.69) is 25.9 Å². The molecule has 1 aromatic carbocycles. The summed E-state index contributed by atoms with van der Waals surface area (Å²) >= 11 is 9.20. The largest absolute Gasteiger partial charge is 0.336 e. The maximum absolute atomic E-state index is 12.3. The van der Waals surface area contributed by atoms with Crippen molar-refractivity contribution in [3.63, 3.8) is 0 Å². The van der Waals surface area contributed by atoms with Crippen molar-refractivity contribution in [3.05, 3.63) is 57.5 Å². The molecular formula is C13H11BrClN3O. The normalized spacial score (nSPS) is 10.3. The van der Waals surface area contributed by atoms with E-state index in [-0.39, 0.29) is 5.91 Å². The molecule has 1 amide bonds. The topological polar surface area (TPSA) is 46.1 Å². The van der Waals surface area contributed by atoms with Gasteiger partial charge in [0, 0.05) is 28.9 Å². The fourth-order valence-electron chi connectivity index (χ4n) is 1.59. The van der Waals surface area contributed by atoms with Crippen molar-refractivity contribution in [2.75, 3.05) is 7.05 Å². The third-order valence-corrected chi connectivity index (χ3v) is 3.42. The second-order valence-electron chi connectivity index (χ2n) is 3.98. The number of rotatable bonds is 3.